The minimum atomic E-state index is -0.473. The van der Waals surface area contributed by atoms with Crippen molar-refractivity contribution in [1.29, 1.82) is 0 Å². The molecular weight excluding hydrogens is 428 g/mol. The van der Waals surface area contributed by atoms with Crippen LogP contribution in [0.5, 0.6) is 0 Å². The standard InChI is InChI=1S/C24H28N2O5S/c1-5-24(2,3)16-9-12-18-19(14-16)32-22(21(18)23(28)31-4)25-20(27)13-8-15-6-10-17(11-7-15)26(29)30/h6-8,10-11,13,16H,5,9,12,14H2,1-4H3,(H,25,27)/b13-8+. The average molecular weight is 457 g/mol. The lowest BCUT2D eigenvalue weighted by atomic mass is 9.69. The number of esters is 1. The summed E-state index contributed by atoms with van der Waals surface area (Å²) in [6.45, 7) is 6.76. The number of rotatable bonds is 7. The first-order valence-electron chi connectivity index (χ1n) is 10.6. The molecule has 1 aromatic carbocycles. The number of carbonyl (C=O) groups excluding carboxylic acids is 2. The second-order valence-electron chi connectivity index (χ2n) is 8.65. The Balaban J connectivity index is 1.80. The molecule has 1 aliphatic carbocycles. The molecule has 0 bridgehead atoms. The Kier molecular flexibility index (Phi) is 7.13. The summed E-state index contributed by atoms with van der Waals surface area (Å²) >= 11 is 1.45. The third kappa shape index (κ3) is 5.07. The number of carbonyl (C=O) groups is 2. The highest BCUT2D eigenvalue weighted by Crippen LogP contribution is 2.45. The van der Waals surface area contributed by atoms with E-state index in [0.717, 1.165) is 36.1 Å². The fourth-order valence-electron chi connectivity index (χ4n) is 3.98. The Morgan fingerprint density at radius 2 is 2.00 bits per heavy atom. The van der Waals surface area contributed by atoms with Crippen LogP contribution in [-0.2, 0) is 22.4 Å². The van der Waals surface area contributed by atoms with Crippen molar-refractivity contribution in [2.24, 2.45) is 11.3 Å². The number of nitro benzene ring substituents is 1. The van der Waals surface area contributed by atoms with Crippen LogP contribution in [0.25, 0.3) is 6.08 Å². The largest absolute Gasteiger partial charge is 0.465 e. The molecule has 0 spiro atoms. The van der Waals surface area contributed by atoms with Gasteiger partial charge in [-0.1, -0.05) is 27.2 Å². The predicted octanol–water partition coefficient (Wildman–Crippen LogP) is 5.64. The highest BCUT2D eigenvalue weighted by molar-refractivity contribution is 7.17. The number of ether oxygens (including phenoxy) is 1. The van der Waals surface area contributed by atoms with Crippen LogP contribution < -0.4 is 5.32 Å². The number of anilines is 1. The molecule has 0 aliphatic heterocycles. The number of fused-ring (bicyclic) bond motifs is 1. The summed E-state index contributed by atoms with van der Waals surface area (Å²) in [5.74, 6) is -0.294. The van der Waals surface area contributed by atoms with Crippen molar-refractivity contribution in [2.75, 3.05) is 12.4 Å². The van der Waals surface area contributed by atoms with E-state index < -0.39 is 10.9 Å². The number of benzene rings is 1. The van der Waals surface area contributed by atoms with E-state index in [4.69, 9.17) is 4.74 Å². The molecule has 1 aliphatic rings. The minimum absolute atomic E-state index is 0.0111. The zero-order valence-electron chi connectivity index (χ0n) is 18.8. The minimum Gasteiger partial charge on any atom is -0.465 e. The Morgan fingerprint density at radius 1 is 1.31 bits per heavy atom. The topological polar surface area (TPSA) is 98.5 Å². The smallest absolute Gasteiger partial charge is 0.341 e. The molecule has 32 heavy (non-hydrogen) atoms. The van der Waals surface area contributed by atoms with Crippen LogP contribution in [0.2, 0.25) is 0 Å². The summed E-state index contributed by atoms with van der Waals surface area (Å²) in [5, 5.41) is 14.1. The fourth-order valence-corrected chi connectivity index (χ4v) is 5.30. The van der Waals surface area contributed by atoms with Gasteiger partial charge in [0, 0.05) is 23.1 Å². The van der Waals surface area contributed by atoms with Gasteiger partial charge in [0.2, 0.25) is 5.91 Å². The van der Waals surface area contributed by atoms with Gasteiger partial charge in [0.1, 0.15) is 5.00 Å². The third-order valence-electron chi connectivity index (χ3n) is 6.44. The first-order chi connectivity index (χ1) is 15.2. The van der Waals surface area contributed by atoms with Crippen LogP contribution in [0, 0.1) is 21.4 Å². The molecule has 0 saturated heterocycles. The van der Waals surface area contributed by atoms with Crippen LogP contribution in [0.1, 0.15) is 60.0 Å². The first-order valence-corrected chi connectivity index (χ1v) is 11.4. The SMILES string of the molecule is CCC(C)(C)C1CCc2c(sc(NC(=O)/C=C/c3ccc([N+](=O)[O-])cc3)c2C(=O)OC)C1. The van der Waals surface area contributed by atoms with Gasteiger partial charge < -0.3 is 10.1 Å². The first kappa shape index (κ1) is 23.7. The average Bonchev–Trinajstić information content (AvgIpc) is 3.14. The highest BCUT2D eigenvalue weighted by atomic mass is 32.1. The molecule has 1 atom stereocenters. The van der Waals surface area contributed by atoms with Crippen molar-refractivity contribution < 1.29 is 19.2 Å². The predicted molar refractivity (Wildman–Crippen MR) is 126 cm³/mol. The summed E-state index contributed by atoms with van der Waals surface area (Å²) in [6.07, 6.45) is 6.69. The Bertz CT molecular complexity index is 1050. The zero-order chi connectivity index (χ0) is 23.5. The number of thiophene rings is 1. The number of non-ortho nitro benzene ring substituents is 1. The maximum absolute atomic E-state index is 12.6. The van der Waals surface area contributed by atoms with Gasteiger partial charge >= 0.3 is 5.97 Å². The molecule has 0 fully saturated rings. The Hall–Kier alpha value is -3.00. The molecule has 1 heterocycles. The van der Waals surface area contributed by atoms with Crippen LogP contribution in [0.3, 0.4) is 0 Å². The molecule has 7 nitrogen and oxygen atoms in total. The number of hydrogen-bond acceptors (Lipinski definition) is 6. The van der Waals surface area contributed by atoms with Crippen molar-refractivity contribution in [1.82, 2.24) is 0 Å². The number of amides is 1. The maximum Gasteiger partial charge on any atom is 0.341 e. The Morgan fingerprint density at radius 3 is 2.59 bits per heavy atom. The van der Waals surface area contributed by atoms with Gasteiger partial charge in [-0.15, -0.1) is 11.3 Å². The summed E-state index contributed by atoms with van der Waals surface area (Å²) in [4.78, 5) is 36.5. The van der Waals surface area contributed by atoms with Crippen molar-refractivity contribution in [2.45, 2.75) is 46.5 Å². The molecule has 0 saturated carbocycles. The second kappa shape index (κ2) is 9.65. The highest BCUT2D eigenvalue weighted by Gasteiger charge is 2.35. The van der Waals surface area contributed by atoms with Crippen molar-refractivity contribution >= 4 is 40.0 Å². The second-order valence-corrected chi connectivity index (χ2v) is 9.76. The van der Waals surface area contributed by atoms with Gasteiger partial charge in [0.15, 0.2) is 0 Å². The quantitative estimate of drug-likeness (QED) is 0.252. The van der Waals surface area contributed by atoms with Crippen molar-refractivity contribution in [3.05, 3.63) is 62.0 Å². The monoisotopic (exact) mass is 456 g/mol. The third-order valence-corrected chi connectivity index (χ3v) is 7.61. The van der Waals surface area contributed by atoms with E-state index in [1.54, 1.807) is 18.2 Å². The number of nitrogens with zero attached hydrogens (tertiary/aromatic N) is 1. The fraction of sp³-hybridized carbons (Fsp3) is 0.417. The van der Waals surface area contributed by atoms with Gasteiger partial charge in [-0.2, -0.15) is 0 Å². The van der Waals surface area contributed by atoms with Crippen LogP contribution >= 0.6 is 11.3 Å². The van der Waals surface area contributed by atoms with Gasteiger partial charge in [-0.3, -0.25) is 14.9 Å². The van der Waals surface area contributed by atoms with E-state index in [2.05, 4.69) is 26.1 Å². The van der Waals surface area contributed by atoms with Crippen molar-refractivity contribution in [3.8, 4) is 0 Å². The van der Waals surface area contributed by atoms with E-state index in [1.807, 2.05) is 0 Å². The molecular formula is C24H28N2O5S. The lowest BCUT2D eigenvalue weighted by molar-refractivity contribution is -0.384. The summed E-state index contributed by atoms with van der Waals surface area (Å²) in [6, 6.07) is 5.91. The van der Waals surface area contributed by atoms with E-state index in [1.165, 1.54) is 36.7 Å². The molecule has 1 amide bonds. The molecule has 1 N–H and O–H groups in total. The number of nitrogens with one attached hydrogen (secondary N) is 1. The van der Waals surface area contributed by atoms with Gasteiger partial charge in [0.25, 0.3) is 5.69 Å². The molecule has 170 valence electrons. The summed E-state index contributed by atoms with van der Waals surface area (Å²) in [5.41, 5.74) is 2.30. The van der Waals surface area contributed by atoms with Crippen molar-refractivity contribution in [3.63, 3.8) is 0 Å². The van der Waals surface area contributed by atoms with E-state index in [9.17, 15) is 19.7 Å². The normalized spacial score (nSPS) is 15.9. The Labute approximate surface area is 191 Å². The summed E-state index contributed by atoms with van der Waals surface area (Å²) < 4.78 is 5.00. The van der Waals surface area contributed by atoms with E-state index >= 15 is 0 Å². The van der Waals surface area contributed by atoms with E-state index in [-0.39, 0.29) is 17.0 Å². The van der Waals surface area contributed by atoms with Crippen LogP contribution in [-0.4, -0.2) is 23.9 Å². The van der Waals surface area contributed by atoms with Gasteiger partial charge in [-0.05, 0) is 59.9 Å². The van der Waals surface area contributed by atoms with Crippen LogP contribution in [0.15, 0.2) is 30.3 Å². The van der Waals surface area contributed by atoms with Gasteiger partial charge in [-0.25, -0.2) is 4.79 Å². The molecule has 2 aromatic rings. The molecule has 1 aromatic heterocycles. The molecule has 8 heteroatoms. The van der Waals surface area contributed by atoms with Crippen LogP contribution in [0.4, 0.5) is 10.7 Å². The maximum atomic E-state index is 12.6. The summed E-state index contributed by atoms with van der Waals surface area (Å²) in [7, 11) is 1.35. The molecule has 3 rings (SSSR count). The molecule has 1 unspecified atom stereocenters. The molecule has 0 radical (unpaired) electrons. The number of methoxy groups -OCH3 is 1. The van der Waals surface area contributed by atoms with E-state index in [0.29, 0.717) is 22.0 Å². The zero-order valence-corrected chi connectivity index (χ0v) is 19.6. The number of nitro groups is 1. The van der Waals surface area contributed by atoms with Gasteiger partial charge in [0.05, 0.1) is 17.6 Å². The number of hydrogen-bond donors (Lipinski definition) is 1. The lowest BCUT2D eigenvalue weighted by Crippen LogP contribution is -2.28. The lowest BCUT2D eigenvalue weighted by Gasteiger charge is -2.36.